The van der Waals surface area contributed by atoms with Crippen LogP contribution in [0.25, 0.3) is 0 Å². The van der Waals surface area contributed by atoms with Gasteiger partial charge in [0.2, 0.25) is 0 Å². The van der Waals surface area contributed by atoms with Crippen molar-refractivity contribution >= 4 is 23.3 Å². The lowest BCUT2D eigenvalue weighted by atomic mass is 10.0. The first-order chi connectivity index (χ1) is 7.72. The average Bonchev–Trinajstić information content (AvgIpc) is 2.63. The number of hydrogen-bond acceptors (Lipinski definition) is 4. The van der Waals surface area contributed by atoms with Gasteiger partial charge in [-0.25, -0.2) is 4.79 Å². The second kappa shape index (κ2) is 4.37. The first-order valence-corrected chi connectivity index (χ1v) is 4.89. The summed E-state index contributed by atoms with van der Waals surface area (Å²) in [5.74, 6) is -0.521. The predicted octanol–water partition coefficient (Wildman–Crippen LogP) is 2.13. The van der Waals surface area contributed by atoms with Crippen LogP contribution in [0.15, 0.2) is 41.3 Å². The van der Waals surface area contributed by atoms with E-state index in [4.69, 9.17) is 16.3 Å². The van der Waals surface area contributed by atoms with Crippen LogP contribution in [-0.4, -0.2) is 18.8 Å². The van der Waals surface area contributed by atoms with Gasteiger partial charge in [-0.05, 0) is 12.1 Å². The van der Waals surface area contributed by atoms with Gasteiger partial charge in [0.15, 0.2) is 0 Å². The minimum Gasteiger partial charge on any atom is -0.503 e. The van der Waals surface area contributed by atoms with Crippen molar-refractivity contribution < 1.29 is 14.4 Å². The minimum atomic E-state index is -0.521. The van der Waals surface area contributed by atoms with Crippen LogP contribution < -0.4 is 0 Å². The molecule has 0 bridgehead atoms. The molecule has 0 aromatic heterocycles. The molecule has 1 heterocycles. The standard InChI is InChI=1S/C11H8ClNO3/c1-15-6-9-10(13-16-11(9)14)7-2-4-8(12)5-3-7/h2-6H,1H3. The number of nitrogens with zero attached hydrogens (tertiary/aromatic N) is 1. The van der Waals surface area contributed by atoms with Crippen molar-refractivity contribution in [1.82, 2.24) is 0 Å². The second-order valence-electron chi connectivity index (χ2n) is 3.09. The van der Waals surface area contributed by atoms with Crippen molar-refractivity contribution in [3.05, 3.63) is 46.7 Å². The molecule has 0 atom stereocenters. The van der Waals surface area contributed by atoms with E-state index in [2.05, 4.69) is 9.99 Å². The number of methoxy groups -OCH3 is 1. The minimum absolute atomic E-state index is 0.296. The molecule has 2 rings (SSSR count). The maximum Gasteiger partial charge on any atom is 0.371 e. The largest absolute Gasteiger partial charge is 0.503 e. The summed E-state index contributed by atoms with van der Waals surface area (Å²) >= 11 is 5.77. The Hall–Kier alpha value is -1.81. The van der Waals surface area contributed by atoms with Crippen molar-refractivity contribution in [3.8, 4) is 0 Å². The van der Waals surface area contributed by atoms with Crippen molar-refractivity contribution in [2.45, 2.75) is 0 Å². The Kier molecular flexibility index (Phi) is 2.92. The predicted molar refractivity (Wildman–Crippen MR) is 59.2 cm³/mol. The maximum absolute atomic E-state index is 11.3. The van der Waals surface area contributed by atoms with E-state index in [1.54, 1.807) is 24.3 Å². The van der Waals surface area contributed by atoms with Gasteiger partial charge in [-0.3, -0.25) is 0 Å². The third kappa shape index (κ3) is 1.92. The van der Waals surface area contributed by atoms with Gasteiger partial charge in [0.1, 0.15) is 11.3 Å². The third-order valence-corrected chi connectivity index (χ3v) is 2.30. The van der Waals surface area contributed by atoms with Crippen LogP contribution in [0.4, 0.5) is 0 Å². The molecule has 0 saturated carbocycles. The number of carbonyl (C=O) groups excluding carboxylic acids is 1. The van der Waals surface area contributed by atoms with Gasteiger partial charge in [0, 0.05) is 10.6 Å². The fraction of sp³-hybridized carbons (Fsp3) is 0.0909. The molecule has 0 spiro atoms. The summed E-state index contributed by atoms with van der Waals surface area (Å²) in [6.07, 6.45) is 1.31. The monoisotopic (exact) mass is 237 g/mol. The van der Waals surface area contributed by atoms with E-state index >= 15 is 0 Å². The smallest absolute Gasteiger partial charge is 0.371 e. The van der Waals surface area contributed by atoms with E-state index in [1.807, 2.05) is 0 Å². The SMILES string of the molecule is COC=C1C(=O)ON=C1c1ccc(Cl)cc1. The molecule has 0 radical (unpaired) electrons. The summed E-state index contributed by atoms with van der Waals surface area (Å²) < 4.78 is 4.80. The van der Waals surface area contributed by atoms with Gasteiger partial charge in [0.05, 0.1) is 13.4 Å². The summed E-state index contributed by atoms with van der Waals surface area (Å²) in [4.78, 5) is 15.9. The van der Waals surface area contributed by atoms with Gasteiger partial charge in [-0.15, -0.1) is 0 Å². The highest BCUT2D eigenvalue weighted by molar-refractivity contribution is 6.31. The summed E-state index contributed by atoms with van der Waals surface area (Å²) in [6.45, 7) is 0. The van der Waals surface area contributed by atoms with Gasteiger partial charge in [-0.1, -0.05) is 28.9 Å². The molecule has 1 aliphatic heterocycles. The van der Waals surface area contributed by atoms with E-state index in [9.17, 15) is 4.79 Å². The van der Waals surface area contributed by atoms with Crippen LogP contribution in [0.5, 0.6) is 0 Å². The summed E-state index contributed by atoms with van der Waals surface area (Å²) in [6, 6.07) is 6.94. The number of benzene rings is 1. The number of carbonyl (C=O) groups is 1. The molecule has 0 saturated heterocycles. The van der Waals surface area contributed by atoms with Crippen LogP contribution >= 0.6 is 11.6 Å². The Morgan fingerprint density at radius 2 is 2.06 bits per heavy atom. The second-order valence-corrected chi connectivity index (χ2v) is 3.53. The van der Waals surface area contributed by atoms with Crippen LogP contribution in [-0.2, 0) is 14.4 Å². The highest BCUT2D eigenvalue weighted by atomic mass is 35.5. The number of ether oxygens (including phenoxy) is 1. The van der Waals surface area contributed by atoms with Gasteiger partial charge < -0.3 is 9.57 Å². The topological polar surface area (TPSA) is 47.9 Å². The molecule has 1 aromatic rings. The van der Waals surface area contributed by atoms with Gasteiger partial charge >= 0.3 is 5.97 Å². The van der Waals surface area contributed by atoms with Crippen molar-refractivity contribution in [1.29, 1.82) is 0 Å². The van der Waals surface area contributed by atoms with E-state index < -0.39 is 5.97 Å². The number of rotatable bonds is 2. The Bertz CT molecular complexity index is 477. The molecule has 0 unspecified atom stereocenters. The summed E-state index contributed by atoms with van der Waals surface area (Å²) in [5, 5.41) is 4.31. The Morgan fingerprint density at radius 3 is 2.69 bits per heavy atom. The fourth-order valence-corrected chi connectivity index (χ4v) is 1.45. The number of halogens is 1. The molecule has 0 amide bonds. The van der Waals surface area contributed by atoms with Gasteiger partial charge in [0.25, 0.3) is 0 Å². The zero-order valence-electron chi connectivity index (χ0n) is 8.44. The van der Waals surface area contributed by atoms with E-state index in [1.165, 1.54) is 13.4 Å². The van der Waals surface area contributed by atoms with Crippen LogP contribution in [0, 0.1) is 0 Å². The Morgan fingerprint density at radius 1 is 1.38 bits per heavy atom. The molecule has 4 nitrogen and oxygen atoms in total. The third-order valence-electron chi connectivity index (χ3n) is 2.05. The lowest BCUT2D eigenvalue weighted by molar-refractivity contribution is -0.137. The van der Waals surface area contributed by atoms with Crippen molar-refractivity contribution in [2.24, 2.45) is 5.16 Å². The number of oxime groups is 1. The van der Waals surface area contributed by atoms with Crippen LogP contribution in [0.1, 0.15) is 5.56 Å². The fourth-order valence-electron chi connectivity index (χ4n) is 1.32. The molecule has 0 fully saturated rings. The molecular weight excluding hydrogens is 230 g/mol. The average molecular weight is 238 g/mol. The summed E-state index contributed by atoms with van der Waals surface area (Å²) in [7, 11) is 1.46. The van der Waals surface area contributed by atoms with Crippen LogP contribution in [0.3, 0.4) is 0 Å². The molecule has 1 aromatic carbocycles. The van der Waals surface area contributed by atoms with Crippen molar-refractivity contribution in [3.63, 3.8) is 0 Å². The molecule has 82 valence electrons. The lowest BCUT2D eigenvalue weighted by Crippen LogP contribution is -2.07. The molecule has 0 N–H and O–H groups in total. The quantitative estimate of drug-likeness (QED) is 0.450. The summed E-state index contributed by atoms with van der Waals surface area (Å²) in [5.41, 5.74) is 1.49. The molecular formula is C11H8ClNO3. The molecule has 0 aliphatic carbocycles. The highest BCUT2D eigenvalue weighted by Gasteiger charge is 2.27. The first kappa shape index (κ1) is 10.7. The zero-order valence-corrected chi connectivity index (χ0v) is 9.19. The molecule has 1 aliphatic rings. The van der Waals surface area contributed by atoms with Crippen LogP contribution in [0.2, 0.25) is 5.02 Å². The number of hydrogen-bond donors (Lipinski definition) is 0. The normalized spacial score (nSPS) is 17.2. The van der Waals surface area contributed by atoms with Crippen molar-refractivity contribution in [2.75, 3.05) is 7.11 Å². The molecule has 16 heavy (non-hydrogen) atoms. The highest BCUT2D eigenvalue weighted by Crippen LogP contribution is 2.19. The first-order valence-electron chi connectivity index (χ1n) is 4.51. The lowest BCUT2D eigenvalue weighted by Gasteiger charge is -1.99. The van der Waals surface area contributed by atoms with E-state index in [0.717, 1.165) is 5.56 Å². The Labute approximate surface area is 97.1 Å². The van der Waals surface area contributed by atoms with Gasteiger partial charge in [-0.2, -0.15) is 0 Å². The zero-order chi connectivity index (χ0) is 11.5. The van der Waals surface area contributed by atoms with E-state index in [-0.39, 0.29) is 0 Å². The maximum atomic E-state index is 11.3. The van der Waals surface area contributed by atoms with E-state index in [0.29, 0.717) is 16.3 Å². The Balaban J connectivity index is 2.38. The molecule has 5 heteroatoms.